The highest BCUT2D eigenvalue weighted by Crippen LogP contribution is 2.46. The van der Waals surface area contributed by atoms with Gasteiger partial charge in [-0.05, 0) is 44.4 Å². The van der Waals surface area contributed by atoms with Crippen molar-refractivity contribution < 1.29 is 14.5 Å². The molecular formula is C24H28N2O4. The van der Waals surface area contributed by atoms with Gasteiger partial charge in [-0.2, -0.15) is 0 Å². The fourth-order valence-corrected chi connectivity index (χ4v) is 5.09. The van der Waals surface area contributed by atoms with E-state index in [1.807, 2.05) is 0 Å². The molecule has 4 rings (SSSR count). The van der Waals surface area contributed by atoms with Gasteiger partial charge in [0.2, 0.25) is 0 Å². The van der Waals surface area contributed by atoms with Gasteiger partial charge in [-0.15, -0.1) is 0 Å². The summed E-state index contributed by atoms with van der Waals surface area (Å²) in [5.41, 5.74) is 3.43. The first-order chi connectivity index (χ1) is 14.4. The number of hydrogen-bond acceptors (Lipinski definition) is 5. The van der Waals surface area contributed by atoms with Crippen molar-refractivity contribution in [1.82, 2.24) is 4.90 Å². The van der Waals surface area contributed by atoms with Gasteiger partial charge in [-0.3, -0.25) is 19.8 Å². The molecule has 6 nitrogen and oxygen atoms in total. The number of nitrogens with zero attached hydrogens (tertiary/aromatic N) is 2. The lowest BCUT2D eigenvalue weighted by Gasteiger charge is -2.42. The lowest BCUT2D eigenvalue weighted by molar-refractivity contribution is -0.384. The molecule has 0 radical (unpaired) electrons. The lowest BCUT2D eigenvalue weighted by Crippen LogP contribution is -2.49. The quantitative estimate of drug-likeness (QED) is 0.406. The van der Waals surface area contributed by atoms with Crippen molar-refractivity contribution in [3.8, 4) is 0 Å². The first-order valence-electron chi connectivity index (χ1n) is 10.6. The number of aryl methyl sites for hydroxylation is 1. The Kier molecular flexibility index (Phi) is 5.86. The Morgan fingerprint density at radius 1 is 1.13 bits per heavy atom. The van der Waals surface area contributed by atoms with Crippen LogP contribution in [0.2, 0.25) is 0 Å². The molecule has 0 saturated carbocycles. The Morgan fingerprint density at radius 3 is 2.50 bits per heavy atom. The Labute approximate surface area is 177 Å². The minimum atomic E-state index is -0.413. The number of piperidine rings is 1. The Hall–Kier alpha value is -2.73. The molecule has 2 aromatic carbocycles. The SMILES string of the molecule is Cc1ccc(C2CC3CCC(C2C(=O)OCCc2ccc([N+](=O)[O-])cc2)N3C)cc1. The number of ether oxygens (including phenoxy) is 1. The molecule has 158 valence electrons. The first kappa shape index (κ1) is 20.5. The molecule has 2 aliphatic heterocycles. The molecular weight excluding hydrogens is 380 g/mol. The molecule has 0 aliphatic carbocycles. The zero-order valence-corrected chi connectivity index (χ0v) is 17.5. The largest absolute Gasteiger partial charge is 0.465 e. The van der Waals surface area contributed by atoms with Crippen molar-refractivity contribution in [3.05, 3.63) is 75.3 Å². The van der Waals surface area contributed by atoms with Crippen LogP contribution >= 0.6 is 0 Å². The van der Waals surface area contributed by atoms with E-state index in [-0.39, 0.29) is 36.1 Å². The summed E-state index contributed by atoms with van der Waals surface area (Å²) < 4.78 is 5.74. The van der Waals surface area contributed by atoms with Crippen LogP contribution in [0.3, 0.4) is 0 Å². The molecule has 30 heavy (non-hydrogen) atoms. The number of benzene rings is 2. The second kappa shape index (κ2) is 8.56. The van der Waals surface area contributed by atoms with Crippen LogP contribution in [0, 0.1) is 23.0 Å². The molecule has 2 fully saturated rings. The highest BCUT2D eigenvalue weighted by Gasteiger charge is 2.49. The molecule has 2 aliphatic rings. The van der Waals surface area contributed by atoms with Gasteiger partial charge < -0.3 is 4.74 Å². The number of carbonyl (C=O) groups is 1. The molecule has 2 aromatic rings. The van der Waals surface area contributed by atoms with Crippen LogP contribution in [0.25, 0.3) is 0 Å². The summed E-state index contributed by atoms with van der Waals surface area (Å²) in [6.07, 6.45) is 3.70. The van der Waals surface area contributed by atoms with Crippen LogP contribution in [-0.2, 0) is 16.0 Å². The number of rotatable bonds is 6. The smallest absolute Gasteiger partial charge is 0.311 e. The monoisotopic (exact) mass is 408 g/mol. The van der Waals surface area contributed by atoms with E-state index in [1.54, 1.807) is 12.1 Å². The van der Waals surface area contributed by atoms with Gasteiger partial charge in [0.15, 0.2) is 0 Å². The zero-order valence-electron chi connectivity index (χ0n) is 17.5. The highest BCUT2D eigenvalue weighted by atomic mass is 16.6. The number of non-ortho nitro benzene ring substituents is 1. The topological polar surface area (TPSA) is 72.7 Å². The average molecular weight is 408 g/mol. The second-order valence-corrected chi connectivity index (χ2v) is 8.58. The van der Waals surface area contributed by atoms with Gasteiger partial charge in [0.05, 0.1) is 17.4 Å². The maximum absolute atomic E-state index is 13.2. The maximum Gasteiger partial charge on any atom is 0.311 e. The normalized spacial score (nSPS) is 25.8. The molecule has 2 saturated heterocycles. The van der Waals surface area contributed by atoms with Gasteiger partial charge in [0, 0.05) is 36.6 Å². The van der Waals surface area contributed by atoms with Crippen LogP contribution in [-0.4, -0.2) is 41.5 Å². The Balaban J connectivity index is 1.44. The number of esters is 1. The first-order valence-corrected chi connectivity index (χ1v) is 10.6. The molecule has 6 heteroatoms. The number of hydrogen-bond donors (Lipinski definition) is 0. The molecule has 0 spiro atoms. The van der Waals surface area contributed by atoms with Crippen molar-refractivity contribution in [2.75, 3.05) is 13.7 Å². The zero-order chi connectivity index (χ0) is 21.3. The molecule has 0 amide bonds. The van der Waals surface area contributed by atoms with E-state index in [1.165, 1.54) is 23.3 Å². The van der Waals surface area contributed by atoms with E-state index < -0.39 is 4.92 Å². The third-order valence-electron chi connectivity index (χ3n) is 6.83. The van der Waals surface area contributed by atoms with Gasteiger partial charge in [0.25, 0.3) is 5.69 Å². The van der Waals surface area contributed by atoms with E-state index in [9.17, 15) is 14.9 Å². The fourth-order valence-electron chi connectivity index (χ4n) is 5.09. The number of carbonyl (C=O) groups excluding carboxylic acids is 1. The van der Waals surface area contributed by atoms with Crippen molar-refractivity contribution in [1.29, 1.82) is 0 Å². The molecule has 4 unspecified atom stereocenters. The number of nitro groups is 1. The van der Waals surface area contributed by atoms with Gasteiger partial charge >= 0.3 is 5.97 Å². The van der Waals surface area contributed by atoms with Crippen LogP contribution in [0.15, 0.2) is 48.5 Å². The summed E-state index contributed by atoms with van der Waals surface area (Å²) in [7, 11) is 2.13. The predicted molar refractivity (Wildman–Crippen MR) is 114 cm³/mol. The standard InChI is InChI=1S/C24H28N2O4/c1-16-3-7-18(8-4-16)21-15-20-11-12-22(25(20)2)23(21)24(27)30-14-13-17-5-9-19(10-6-17)26(28)29/h3-10,20-23H,11-15H2,1-2H3. The van der Waals surface area contributed by atoms with Crippen molar-refractivity contribution in [2.45, 2.75) is 50.6 Å². The summed E-state index contributed by atoms with van der Waals surface area (Å²) >= 11 is 0. The van der Waals surface area contributed by atoms with Crippen LogP contribution in [0.5, 0.6) is 0 Å². The summed E-state index contributed by atoms with van der Waals surface area (Å²) in [5.74, 6) is -0.0980. The molecule has 0 aromatic heterocycles. The van der Waals surface area contributed by atoms with Crippen LogP contribution in [0.4, 0.5) is 5.69 Å². The van der Waals surface area contributed by atoms with Gasteiger partial charge in [-0.25, -0.2) is 0 Å². The van der Waals surface area contributed by atoms with E-state index in [2.05, 4.69) is 43.1 Å². The van der Waals surface area contributed by atoms with Crippen molar-refractivity contribution in [2.24, 2.45) is 5.92 Å². The minimum Gasteiger partial charge on any atom is -0.465 e. The van der Waals surface area contributed by atoms with E-state index in [4.69, 9.17) is 4.74 Å². The van der Waals surface area contributed by atoms with Crippen LogP contribution in [0.1, 0.15) is 41.9 Å². The van der Waals surface area contributed by atoms with Gasteiger partial charge in [0.1, 0.15) is 0 Å². The predicted octanol–water partition coefficient (Wildman–Crippen LogP) is 4.26. The Morgan fingerprint density at radius 2 is 1.83 bits per heavy atom. The van der Waals surface area contributed by atoms with Crippen molar-refractivity contribution >= 4 is 11.7 Å². The molecule has 2 heterocycles. The average Bonchev–Trinajstić information content (AvgIpc) is 2.97. The van der Waals surface area contributed by atoms with E-state index in [0.717, 1.165) is 24.8 Å². The van der Waals surface area contributed by atoms with E-state index in [0.29, 0.717) is 12.5 Å². The molecule has 2 bridgehead atoms. The molecule has 0 N–H and O–H groups in total. The van der Waals surface area contributed by atoms with Crippen LogP contribution < -0.4 is 0 Å². The van der Waals surface area contributed by atoms with E-state index >= 15 is 0 Å². The molecule has 4 atom stereocenters. The fraction of sp³-hybridized carbons (Fsp3) is 0.458. The summed E-state index contributed by atoms with van der Waals surface area (Å²) in [6, 6.07) is 15.7. The highest BCUT2D eigenvalue weighted by molar-refractivity contribution is 5.75. The van der Waals surface area contributed by atoms with Crippen molar-refractivity contribution in [3.63, 3.8) is 0 Å². The maximum atomic E-state index is 13.2. The third-order valence-corrected chi connectivity index (χ3v) is 6.83. The summed E-state index contributed by atoms with van der Waals surface area (Å²) in [6.45, 7) is 2.36. The second-order valence-electron chi connectivity index (χ2n) is 8.58. The third kappa shape index (κ3) is 4.10. The summed E-state index contributed by atoms with van der Waals surface area (Å²) in [4.78, 5) is 25.9. The Bertz CT molecular complexity index is 910. The number of fused-ring (bicyclic) bond motifs is 2. The van der Waals surface area contributed by atoms with Gasteiger partial charge in [-0.1, -0.05) is 42.0 Å². The number of nitro benzene ring substituents is 1. The summed E-state index contributed by atoms with van der Waals surface area (Å²) in [5, 5.41) is 10.8. The minimum absolute atomic E-state index is 0.0673. The lowest BCUT2D eigenvalue weighted by atomic mass is 9.76.